The minimum atomic E-state index is 0.325. The molecule has 1 aliphatic carbocycles. The first-order chi connectivity index (χ1) is 8.24. The largest absolute Gasteiger partial charge is 0.381 e. The summed E-state index contributed by atoms with van der Waals surface area (Å²) in [6, 6.07) is 0. The lowest BCUT2D eigenvalue weighted by molar-refractivity contribution is 0.00197. The third-order valence-corrected chi connectivity index (χ3v) is 4.64. The van der Waals surface area contributed by atoms with Crippen LogP contribution in [0.4, 0.5) is 0 Å². The Balaban J connectivity index is 1.80. The molecule has 100 valence electrons. The quantitative estimate of drug-likeness (QED) is 0.797. The number of rotatable bonds is 5. The molecule has 2 fully saturated rings. The lowest BCUT2D eigenvalue weighted by Crippen LogP contribution is -2.45. The summed E-state index contributed by atoms with van der Waals surface area (Å²) < 4.78 is 5.47. The second kappa shape index (κ2) is 6.17. The Morgan fingerprint density at radius 3 is 2.47 bits per heavy atom. The molecule has 0 spiro atoms. The van der Waals surface area contributed by atoms with Crippen LogP contribution in [-0.4, -0.2) is 44.8 Å². The number of hydrogen-bond acceptors (Lipinski definition) is 3. The van der Waals surface area contributed by atoms with Crippen molar-refractivity contribution in [3.8, 4) is 0 Å². The molecule has 1 saturated heterocycles. The molecular weight excluding hydrogens is 212 g/mol. The van der Waals surface area contributed by atoms with Gasteiger partial charge in [0.1, 0.15) is 0 Å². The van der Waals surface area contributed by atoms with Crippen molar-refractivity contribution in [3.05, 3.63) is 0 Å². The first kappa shape index (κ1) is 13.3. The Bertz CT molecular complexity index is 220. The molecule has 1 saturated carbocycles. The van der Waals surface area contributed by atoms with Gasteiger partial charge in [-0.2, -0.15) is 0 Å². The van der Waals surface area contributed by atoms with Gasteiger partial charge in [-0.25, -0.2) is 0 Å². The Hall–Kier alpha value is -0.120. The van der Waals surface area contributed by atoms with Gasteiger partial charge in [-0.3, -0.25) is 0 Å². The summed E-state index contributed by atoms with van der Waals surface area (Å²) in [4.78, 5) is 2.52. The predicted molar refractivity (Wildman–Crippen MR) is 71.0 cm³/mol. The van der Waals surface area contributed by atoms with Crippen LogP contribution in [0.5, 0.6) is 0 Å². The zero-order valence-electron chi connectivity index (χ0n) is 11.3. The van der Waals surface area contributed by atoms with Gasteiger partial charge in [-0.1, -0.05) is 12.8 Å². The molecule has 3 nitrogen and oxygen atoms in total. The highest BCUT2D eigenvalue weighted by molar-refractivity contribution is 4.86. The highest BCUT2D eigenvalue weighted by Gasteiger charge is 2.32. The van der Waals surface area contributed by atoms with Gasteiger partial charge in [-0.05, 0) is 50.6 Å². The van der Waals surface area contributed by atoms with Crippen molar-refractivity contribution < 1.29 is 4.74 Å². The molecule has 0 unspecified atom stereocenters. The Morgan fingerprint density at radius 1 is 1.24 bits per heavy atom. The maximum atomic E-state index is 6.01. The summed E-state index contributed by atoms with van der Waals surface area (Å²) in [5, 5.41) is 0. The minimum absolute atomic E-state index is 0.325. The van der Waals surface area contributed by atoms with Gasteiger partial charge < -0.3 is 15.4 Å². The monoisotopic (exact) mass is 240 g/mol. The molecule has 1 heterocycles. The van der Waals surface area contributed by atoms with E-state index in [-0.39, 0.29) is 0 Å². The van der Waals surface area contributed by atoms with Crippen LogP contribution in [0, 0.1) is 11.3 Å². The first-order valence-electron chi connectivity index (χ1n) is 7.20. The van der Waals surface area contributed by atoms with Gasteiger partial charge in [0.05, 0.1) is 0 Å². The van der Waals surface area contributed by atoms with Crippen molar-refractivity contribution in [2.45, 2.75) is 38.5 Å². The third-order valence-electron chi connectivity index (χ3n) is 4.64. The maximum absolute atomic E-state index is 6.01. The molecule has 0 aromatic carbocycles. The van der Waals surface area contributed by atoms with Crippen molar-refractivity contribution in [2.75, 3.05) is 39.9 Å². The van der Waals surface area contributed by atoms with E-state index in [1.807, 2.05) is 0 Å². The number of nitrogens with two attached hydrogens (primary N) is 1. The van der Waals surface area contributed by atoms with E-state index >= 15 is 0 Å². The van der Waals surface area contributed by atoms with Gasteiger partial charge >= 0.3 is 0 Å². The molecule has 0 radical (unpaired) electrons. The molecule has 0 aromatic rings. The number of hydrogen-bond donors (Lipinski definition) is 1. The smallest absolute Gasteiger partial charge is 0.0472 e. The van der Waals surface area contributed by atoms with Gasteiger partial charge in [-0.15, -0.1) is 0 Å². The van der Waals surface area contributed by atoms with Crippen LogP contribution in [-0.2, 0) is 4.74 Å². The molecule has 0 aromatic heterocycles. The highest BCUT2D eigenvalue weighted by atomic mass is 16.5. The van der Waals surface area contributed by atoms with E-state index < -0.39 is 0 Å². The van der Waals surface area contributed by atoms with E-state index in [2.05, 4.69) is 11.9 Å². The fourth-order valence-corrected chi connectivity index (χ4v) is 3.50. The molecule has 2 N–H and O–H groups in total. The standard InChI is InChI=1S/C14H28N2O/c1-16(10-13-4-2-3-5-13)12-14(11-15)6-8-17-9-7-14/h13H,2-12,15H2,1H3. The van der Waals surface area contributed by atoms with E-state index in [0.717, 1.165) is 45.1 Å². The number of nitrogens with zero attached hydrogens (tertiary/aromatic N) is 1. The molecule has 2 rings (SSSR count). The zero-order chi connectivity index (χ0) is 12.1. The van der Waals surface area contributed by atoms with Crippen LogP contribution in [0.2, 0.25) is 0 Å². The molecule has 0 bridgehead atoms. The molecule has 2 aliphatic rings. The molecule has 1 aliphatic heterocycles. The minimum Gasteiger partial charge on any atom is -0.381 e. The third kappa shape index (κ3) is 3.67. The molecular formula is C14H28N2O. The van der Waals surface area contributed by atoms with E-state index in [0.29, 0.717) is 5.41 Å². The van der Waals surface area contributed by atoms with Gasteiger partial charge in [0.25, 0.3) is 0 Å². The van der Waals surface area contributed by atoms with Crippen molar-refractivity contribution in [2.24, 2.45) is 17.1 Å². The van der Waals surface area contributed by atoms with E-state index in [9.17, 15) is 0 Å². The predicted octanol–water partition coefficient (Wildman–Crippen LogP) is 1.86. The van der Waals surface area contributed by atoms with Crippen LogP contribution < -0.4 is 5.73 Å². The van der Waals surface area contributed by atoms with Crippen LogP contribution in [0.25, 0.3) is 0 Å². The second-order valence-corrected chi connectivity index (χ2v) is 6.16. The van der Waals surface area contributed by atoms with Crippen molar-refractivity contribution in [3.63, 3.8) is 0 Å². The summed E-state index contributed by atoms with van der Waals surface area (Å²) in [6.45, 7) is 5.03. The van der Waals surface area contributed by atoms with Gasteiger partial charge in [0.15, 0.2) is 0 Å². The fourth-order valence-electron chi connectivity index (χ4n) is 3.50. The molecule has 0 amide bonds. The van der Waals surface area contributed by atoms with Gasteiger partial charge in [0.2, 0.25) is 0 Å². The van der Waals surface area contributed by atoms with Crippen LogP contribution in [0.1, 0.15) is 38.5 Å². The van der Waals surface area contributed by atoms with Crippen molar-refractivity contribution in [1.82, 2.24) is 4.90 Å². The average Bonchev–Trinajstić information content (AvgIpc) is 2.83. The fraction of sp³-hybridized carbons (Fsp3) is 1.00. The Morgan fingerprint density at radius 2 is 1.88 bits per heavy atom. The lowest BCUT2D eigenvalue weighted by atomic mass is 9.79. The van der Waals surface area contributed by atoms with E-state index in [1.165, 1.54) is 32.2 Å². The molecule has 0 atom stereocenters. The Labute approximate surface area is 106 Å². The SMILES string of the molecule is CN(CC1CCCC1)CC1(CN)CCOCC1. The summed E-state index contributed by atoms with van der Waals surface area (Å²) >= 11 is 0. The van der Waals surface area contributed by atoms with E-state index in [4.69, 9.17) is 10.5 Å². The molecule has 17 heavy (non-hydrogen) atoms. The topological polar surface area (TPSA) is 38.5 Å². The lowest BCUT2D eigenvalue weighted by Gasteiger charge is -2.39. The van der Waals surface area contributed by atoms with E-state index in [1.54, 1.807) is 0 Å². The van der Waals surface area contributed by atoms with Crippen LogP contribution >= 0.6 is 0 Å². The summed E-state index contributed by atoms with van der Waals surface area (Å²) in [5.41, 5.74) is 6.34. The summed E-state index contributed by atoms with van der Waals surface area (Å²) in [6.07, 6.45) is 8.02. The van der Waals surface area contributed by atoms with Gasteiger partial charge in [0, 0.05) is 26.3 Å². The normalized spacial score (nSPS) is 25.6. The average molecular weight is 240 g/mol. The van der Waals surface area contributed by atoms with Crippen molar-refractivity contribution >= 4 is 0 Å². The zero-order valence-corrected chi connectivity index (χ0v) is 11.3. The second-order valence-electron chi connectivity index (χ2n) is 6.16. The summed E-state index contributed by atoms with van der Waals surface area (Å²) in [7, 11) is 2.27. The summed E-state index contributed by atoms with van der Waals surface area (Å²) in [5.74, 6) is 0.940. The molecule has 3 heteroatoms. The first-order valence-corrected chi connectivity index (χ1v) is 7.20. The number of ether oxygens (including phenoxy) is 1. The van der Waals surface area contributed by atoms with Crippen LogP contribution in [0.3, 0.4) is 0 Å². The Kier molecular flexibility index (Phi) is 4.83. The van der Waals surface area contributed by atoms with Crippen LogP contribution in [0.15, 0.2) is 0 Å². The van der Waals surface area contributed by atoms with Crippen molar-refractivity contribution in [1.29, 1.82) is 0 Å². The highest BCUT2D eigenvalue weighted by Crippen LogP contribution is 2.31. The maximum Gasteiger partial charge on any atom is 0.0472 e.